The topological polar surface area (TPSA) is 121 Å². The molecule has 11 heteroatoms. The van der Waals surface area contributed by atoms with Crippen LogP contribution in [0.15, 0.2) is 60.7 Å². The lowest BCUT2D eigenvalue weighted by Crippen LogP contribution is -2.67. The van der Waals surface area contributed by atoms with Crippen molar-refractivity contribution in [2.45, 2.75) is 56.6 Å². The van der Waals surface area contributed by atoms with E-state index in [-0.39, 0.29) is 36.3 Å². The van der Waals surface area contributed by atoms with Gasteiger partial charge in [-0.05, 0) is 28.4 Å². The molecule has 4 atom stereocenters. The number of rotatable bonds is 12. The van der Waals surface area contributed by atoms with Crippen LogP contribution < -0.4 is 21.0 Å². The minimum absolute atomic E-state index is 0.0212. The van der Waals surface area contributed by atoms with Crippen molar-refractivity contribution in [1.82, 2.24) is 10.6 Å². The number of ether oxygens (including phenoxy) is 2. The summed E-state index contributed by atoms with van der Waals surface area (Å²) in [6.07, 6.45) is -0.726. The number of carbonyl (C=O) groups excluding carboxylic acids is 1. The fourth-order valence-corrected chi connectivity index (χ4v) is 9.93. The Balaban J connectivity index is 1.27. The second-order valence-corrected chi connectivity index (χ2v) is 15.0. The molecule has 10 nitrogen and oxygen atoms in total. The van der Waals surface area contributed by atoms with Gasteiger partial charge in [-0.2, -0.15) is 0 Å². The van der Waals surface area contributed by atoms with Gasteiger partial charge in [0.15, 0.2) is 6.10 Å². The van der Waals surface area contributed by atoms with E-state index in [1.807, 2.05) is 36.4 Å². The van der Waals surface area contributed by atoms with Crippen LogP contribution in [-0.2, 0) is 23.5 Å². The SMILES string of the molecule is CC(C)(C)[Si](OCC(=O)NCCCN[C@@H]1CO[C@H]2[C@@H]1OC[C@@H]2O[N+](=O)[O-])(c1ccccc1)c1ccccc1. The van der Waals surface area contributed by atoms with Crippen LogP contribution in [0.4, 0.5) is 0 Å². The van der Waals surface area contributed by atoms with Crippen molar-refractivity contribution in [3.05, 3.63) is 70.8 Å². The van der Waals surface area contributed by atoms with E-state index in [9.17, 15) is 14.9 Å². The molecule has 2 fully saturated rings. The number of nitrogens with one attached hydrogen (secondary N) is 2. The molecule has 0 aliphatic carbocycles. The van der Waals surface area contributed by atoms with Gasteiger partial charge in [-0.15, -0.1) is 10.1 Å². The van der Waals surface area contributed by atoms with Crippen LogP contribution in [0, 0.1) is 10.1 Å². The van der Waals surface area contributed by atoms with Crippen molar-refractivity contribution in [2.75, 3.05) is 32.9 Å². The Labute approximate surface area is 224 Å². The molecule has 2 aliphatic rings. The predicted octanol–water partition coefficient (Wildman–Crippen LogP) is 1.40. The molecule has 2 aromatic rings. The van der Waals surface area contributed by atoms with Gasteiger partial charge in [-0.25, -0.2) is 0 Å². The van der Waals surface area contributed by atoms with E-state index in [1.165, 1.54) is 0 Å². The molecule has 0 saturated carbocycles. The smallest absolute Gasteiger partial charge is 0.294 e. The van der Waals surface area contributed by atoms with Gasteiger partial charge in [0.2, 0.25) is 5.91 Å². The normalized spacial score (nSPS) is 23.1. The largest absolute Gasteiger partial charge is 0.398 e. The maximum Gasteiger partial charge on any atom is 0.294 e. The van der Waals surface area contributed by atoms with Gasteiger partial charge in [0, 0.05) is 6.54 Å². The number of amides is 1. The second-order valence-electron chi connectivity index (χ2n) is 10.7. The summed E-state index contributed by atoms with van der Waals surface area (Å²) in [6.45, 7) is 8.18. The molecule has 2 N–H and O–H groups in total. The quantitative estimate of drug-likeness (QED) is 0.178. The molecular weight excluding hydrogens is 506 g/mol. The molecule has 2 saturated heterocycles. The molecule has 0 radical (unpaired) electrons. The number of carbonyl (C=O) groups is 1. The van der Waals surface area contributed by atoms with Crippen LogP contribution in [0.2, 0.25) is 5.04 Å². The van der Waals surface area contributed by atoms with Crippen LogP contribution >= 0.6 is 0 Å². The number of benzene rings is 2. The zero-order valence-electron chi connectivity index (χ0n) is 22.1. The Hall–Kier alpha value is -2.83. The molecule has 0 unspecified atom stereocenters. The van der Waals surface area contributed by atoms with Crippen molar-refractivity contribution in [1.29, 1.82) is 0 Å². The van der Waals surface area contributed by atoms with E-state index < -0.39 is 25.6 Å². The first-order valence-corrected chi connectivity index (χ1v) is 14.9. The van der Waals surface area contributed by atoms with Crippen LogP contribution in [-0.4, -0.2) is 76.6 Å². The lowest BCUT2D eigenvalue weighted by atomic mass is 10.1. The Morgan fingerprint density at radius 1 is 1.00 bits per heavy atom. The van der Waals surface area contributed by atoms with Gasteiger partial charge in [-0.1, -0.05) is 81.4 Å². The third kappa shape index (κ3) is 6.24. The number of nitrogens with zero attached hydrogens (tertiary/aromatic N) is 1. The molecule has 2 aromatic carbocycles. The Morgan fingerprint density at radius 2 is 1.61 bits per heavy atom. The summed E-state index contributed by atoms with van der Waals surface area (Å²) in [4.78, 5) is 28.1. The fourth-order valence-electron chi connectivity index (χ4n) is 5.43. The fraction of sp³-hybridized carbons (Fsp3) is 0.519. The second kappa shape index (κ2) is 12.3. The molecule has 4 rings (SSSR count). The van der Waals surface area contributed by atoms with Gasteiger partial charge >= 0.3 is 0 Å². The van der Waals surface area contributed by atoms with E-state index in [0.29, 0.717) is 26.1 Å². The standard InChI is InChI=1S/C27H37N3O7Si/c1-27(2,3)38(20-11-6-4-7-12-20,21-13-8-5-9-14-21)36-19-24(31)29-16-10-15-28-22-17-34-26-23(37-30(32)33)18-35-25(22)26/h4-9,11-14,22-23,25-26,28H,10,15-19H2,1-3H3,(H,29,31)/t22-,23+,25-,26-/m1/s1. The van der Waals surface area contributed by atoms with E-state index in [4.69, 9.17) is 13.9 Å². The van der Waals surface area contributed by atoms with Crippen LogP contribution in [0.1, 0.15) is 27.2 Å². The van der Waals surface area contributed by atoms with Crippen molar-refractivity contribution >= 4 is 24.6 Å². The third-order valence-electron chi connectivity index (χ3n) is 7.15. The summed E-state index contributed by atoms with van der Waals surface area (Å²) in [5, 5.41) is 18.2. The summed E-state index contributed by atoms with van der Waals surface area (Å²) < 4.78 is 18.0. The Bertz CT molecular complexity index is 1030. The van der Waals surface area contributed by atoms with Crippen molar-refractivity contribution in [2.24, 2.45) is 0 Å². The van der Waals surface area contributed by atoms with Gasteiger partial charge < -0.3 is 29.4 Å². The predicted molar refractivity (Wildman–Crippen MR) is 144 cm³/mol. The molecule has 0 aromatic heterocycles. The van der Waals surface area contributed by atoms with E-state index in [0.717, 1.165) is 10.4 Å². The highest BCUT2D eigenvalue weighted by molar-refractivity contribution is 6.99. The lowest BCUT2D eigenvalue weighted by molar-refractivity contribution is -0.769. The summed E-state index contributed by atoms with van der Waals surface area (Å²) in [5.41, 5.74) is 0. The molecule has 38 heavy (non-hydrogen) atoms. The first kappa shape index (κ1) is 28.2. The summed E-state index contributed by atoms with van der Waals surface area (Å²) in [5.74, 6) is -0.152. The van der Waals surface area contributed by atoms with E-state index in [2.05, 4.69) is 60.5 Å². The number of hydrogen-bond donors (Lipinski definition) is 2. The number of hydrogen-bond acceptors (Lipinski definition) is 8. The maximum atomic E-state index is 12.8. The van der Waals surface area contributed by atoms with Crippen molar-refractivity contribution in [3.8, 4) is 0 Å². The van der Waals surface area contributed by atoms with Gasteiger partial charge in [0.05, 0.1) is 19.3 Å². The average molecular weight is 544 g/mol. The molecule has 0 bridgehead atoms. The highest BCUT2D eigenvalue weighted by Crippen LogP contribution is 2.36. The molecule has 2 heterocycles. The molecule has 206 valence electrons. The maximum absolute atomic E-state index is 12.8. The first-order chi connectivity index (χ1) is 18.2. The van der Waals surface area contributed by atoms with Crippen LogP contribution in [0.25, 0.3) is 0 Å². The first-order valence-electron chi connectivity index (χ1n) is 13.0. The summed E-state index contributed by atoms with van der Waals surface area (Å²) in [6, 6.07) is 20.4. The summed E-state index contributed by atoms with van der Waals surface area (Å²) in [7, 11) is -2.77. The number of fused-ring (bicyclic) bond motifs is 1. The van der Waals surface area contributed by atoms with E-state index in [1.54, 1.807) is 0 Å². The highest BCUT2D eigenvalue weighted by atomic mass is 28.4. The molecule has 1 amide bonds. The van der Waals surface area contributed by atoms with Gasteiger partial charge in [0.25, 0.3) is 13.4 Å². The lowest BCUT2D eigenvalue weighted by Gasteiger charge is -2.42. The van der Waals surface area contributed by atoms with Crippen molar-refractivity contribution in [3.63, 3.8) is 0 Å². The van der Waals surface area contributed by atoms with Gasteiger partial charge in [-0.3, -0.25) is 4.79 Å². The van der Waals surface area contributed by atoms with Crippen molar-refractivity contribution < 1.29 is 28.6 Å². The van der Waals surface area contributed by atoms with Crippen LogP contribution in [0.5, 0.6) is 0 Å². The summed E-state index contributed by atoms with van der Waals surface area (Å²) >= 11 is 0. The van der Waals surface area contributed by atoms with E-state index >= 15 is 0 Å². The minimum atomic E-state index is -2.77. The zero-order chi connectivity index (χ0) is 27.2. The zero-order valence-corrected chi connectivity index (χ0v) is 23.1. The molecular formula is C27H37N3O7Si. The van der Waals surface area contributed by atoms with Crippen LogP contribution in [0.3, 0.4) is 0 Å². The molecule has 0 spiro atoms. The minimum Gasteiger partial charge on any atom is -0.398 e. The average Bonchev–Trinajstić information content (AvgIpc) is 3.47. The monoisotopic (exact) mass is 543 g/mol. The third-order valence-corrected chi connectivity index (χ3v) is 12.1. The van der Waals surface area contributed by atoms with Gasteiger partial charge in [0.1, 0.15) is 18.8 Å². The molecule has 2 aliphatic heterocycles. The highest BCUT2D eigenvalue weighted by Gasteiger charge is 2.51. The Morgan fingerprint density at radius 3 is 2.18 bits per heavy atom. The Kier molecular flexibility index (Phi) is 9.16.